The molecule has 0 fully saturated rings. The Kier molecular flexibility index (Phi) is 1.45. The molecule has 0 radical (unpaired) electrons. The normalized spacial score (nSPS) is 23.2. The van der Waals surface area contributed by atoms with Crippen LogP contribution in [0.1, 0.15) is 6.92 Å². The predicted molar refractivity (Wildman–Crippen MR) is 30.0 cm³/mol. The van der Waals surface area contributed by atoms with E-state index in [0.717, 1.165) is 0 Å². The molecule has 0 aliphatic carbocycles. The summed E-state index contributed by atoms with van der Waals surface area (Å²) in [7, 11) is 0. The third-order valence-electron chi connectivity index (χ3n) is 1.000. The number of hydrazine groups is 1. The molecule has 0 amide bonds. The molecule has 0 aromatic heterocycles. The first-order valence-electron chi connectivity index (χ1n) is 2.50. The third kappa shape index (κ3) is 0.962. The Morgan fingerprint density at radius 1 is 2.00 bits per heavy atom. The minimum absolute atomic E-state index is 0.461. The van der Waals surface area contributed by atoms with Gasteiger partial charge >= 0.3 is 0 Å². The van der Waals surface area contributed by atoms with E-state index in [-0.39, 0.29) is 0 Å². The van der Waals surface area contributed by atoms with Crippen LogP contribution in [0.5, 0.6) is 0 Å². The molecule has 0 saturated carbocycles. The van der Waals surface area contributed by atoms with Crippen molar-refractivity contribution in [1.82, 2.24) is 10.4 Å². The van der Waals surface area contributed by atoms with Crippen molar-refractivity contribution in [2.75, 3.05) is 6.67 Å². The van der Waals surface area contributed by atoms with Gasteiger partial charge in [-0.2, -0.15) is 5.01 Å². The molecule has 4 heteroatoms. The van der Waals surface area contributed by atoms with Crippen LogP contribution in [0.4, 0.5) is 0 Å². The maximum absolute atomic E-state index is 8.84. The Morgan fingerprint density at radius 3 is 3.00 bits per heavy atom. The molecule has 8 heavy (non-hydrogen) atoms. The summed E-state index contributed by atoms with van der Waals surface area (Å²) < 4.78 is 0. The highest BCUT2D eigenvalue weighted by Crippen LogP contribution is 1.92. The number of aliphatic hydroxyl groups excluding tert-OH is 1. The number of nitrogens with zero attached hydrogens (tertiary/aromatic N) is 2. The van der Waals surface area contributed by atoms with Crippen molar-refractivity contribution in [2.45, 2.75) is 13.2 Å². The number of hydrogen-bond acceptors (Lipinski definition) is 4. The van der Waals surface area contributed by atoms with Gasteiger partial charge in [0.1, 0.15) is 12.9 Å². The van der Waals surface area contributed by atoms with E-state index in [4.69, 9.17) is 5.11 Å². The van der Waals surface area contributed by atoms with Crippen LogP contribution in [0.25, 0.3) is 0 Å². The molecule has 2 N–H and O–H groups in total. The van der Waals surface area contributed by atoms with Crippen LogP contribution < -0.4 is 5.43 Å². The van der Waals surface area contributed by atoms with Gasteiger partial charge in [0.05, 0.1) is 6.34 Å². The lowest BCUT2D eigenvalue weighted by molar-refractivity contribution is 0.00949. The lowest BCUT2D eigenvalue weighted by Gasteiger charge is -2.16. The molecule has 1 aliphatic heterocycles. The summed E-state index contributed by atoms with van der Waals surface area (Å²) in [5.41, 5.74) is 2.75. The van der Waals surface area contributed by atoms with Crippen molar-refractivity contribution >= 4 is 6.34 Å². The van der Waals surface area contributed by atoms with E-state index in [0.29, 0.717) is 6.67 Å². The standard InChI is InChI=1S/C4H9N3O/c1-4(8)7-3-5-2-6-7/h2,4,8H,3H2,1H3,(H,5,6). The molecule has 1 heterocycles. The van der Waals surface area contributed by atoms with E-state index >= 15 is 0 Å². The molecule has 1 atom stereocenters. The summed E-state index contributed by atoms with van der Waals surface area (Å²) in [5, 5.41) is 10.4. The molecule has 1 unspecified atom stereocenters. The molecule has 0 bridgehead atoms. The molecular weight excluding hydrogens is 106 g/mol. The van der Waals surface area contributed by atoms with Crippen LogP contribution in [0.2, 0.25) is 0 Å². The van der Waals surface area contributed by atoms with Gasteiger partial charge in [0.25, 0.3) is 0 Å². The summed E-state index contributed by atoms with van der Waals surface area (Å²) in [6.07, 6.45) is 1.10. The number of aliphatic hydroxyl groups is 1. The minimum Gasteiger partial charge on any atom is -0.377 e. The quantitative estimate of drug-likeness (QED) is 0.467. The second-order valence-corrected chi connectivity index (χ2v) is 1.68. The molecule has 4 nitrogen and oxygen atoms in total. The molecule has 0 saturated heterocycles. The average molecular weight is 115 g/mol. The van der Waals surface area contributed by atoms with Crippen LogP contribution in [0.15, 0.2) is 4.99 Å². The van der Waals surface area contributed by atoms with Crippen LogP contribution in [0, 0.1) is 0 Å². The summed E-state index contributed by atoms with van der Waals surface area (Å²) in [6, 6.07) is 0. The first-order chi connectivity index (χ1) is 3.80. The summed E-state index contributed by atoms with van der Waals surface area (Å²) in [6.45, 7) is 2.22. The Balaban J connectivity index is 2.29. The van der Waals surface area contributed by atoms with Crippen molar-refractivity contribution in [1.29, 1.82) is 0 Å². The van der Waals surface area contributed by atoms with Crippen molar-refractivity contribution in [3.63, 3.8) is 0 Å². The van der Waals surface area contributed by atoms with E-state index in [2.05, 4.69) is 10.4 Å². The molecule has 0 aromatic rings. The van der Waals surface area contributed by atoms with Gasteiger partial charge < -0.3 is 10.5 Å². The first kappa shape index (κ1) is 5.53. The van der Waals surface area contributed by atoms with Crippen LogP contribution in [0.3, 0.4) is 0 Å². The zero-order valence-electron chi connectivity index (χ0n) is 4.70. The summed E-state index contributed by atoms with van der Waals surface area (Å²) >= 11 is 0. The highest BCUT2D eigenvalue weighted by molar-refractivity contribution is 5.54. The zero-order chi connectivity index (χ0) is 5.98. The Bertz CT molecular complexity index is 93.5. The molecule has 0 spiro atoms. The minimum atomic E-state index is -0.461. The monoisotopic (exact) mass is 115 g/mol. The fourth-order valence-electron chi connectivity index (χ4n) is 0.511. The van der Waals surface area contributed by atoms with Crippen molar-refractivity contribution in [2.24, 2.45) is 4.99 Å². The van der Waals surface area contributed by atoms with Gasteiger partial charge in [-0.25, -0.2) is 0 Å². The molecule has 1 aliphatic rings. The lowest BCUT2D eigenvalue weighted by Crippen LogP contribution is -2.39. The number of hydrogen-bond donors (Lipinski definition) is 2. The van der Waals surface area contributed by atoms with Gasteiger partial charge in [0, 0.05) is 0 Å². The van der Waals surface area contributed by atoms with Crippen molar-refractivity contribution < 1.29 is 5.11 Å². The third-order valence-corrected chi connectivity index (χ3v) is 1.000. The van der Waals surface area contributed by atoms with Gasteiger partial charge in [-0.15, -0.1) is 0 Å². The van der Waals surface area contributed by atoms with E-state index in [9.17, 15) is 0 Å². The zero-order valence-corrected chi connectivity index (χ0v) is 4.70. The maximum atomic E-state index is 8.84. The van der Waals surface area contributed by atoms with E-state index < -0.39 is 6.23 Å². The second kappa shape index (κ2) is 2.11. The van der Waals surface area contributed by atoms with Crippen molar-refractivity contribution in [3.05, 3.63) is 0 Å². The molecule has 46 valence electrons. The summed E-state index contributed by atoms with van der Waals surface area (Å²) in [4.78, 5) is 3.82. The van der Waals surface area contributed by atoms with Crippen LogP contribution in [-0.2, 0) is 0 Å². The van der Waals surface area contributed by atoms with E-state index in [1.54, 1.807) is 18.3 Å². The first-order valence-corrected chi connectivity index (χ1v) is 2.50. The number of rotatable bonds is 1. The fourth-order valence-corrected chi connectivity index (χ4v) is 0.511. The predicted octanol–water partition coefficient (Wildman–Crippen LogP) is -0.869. The topological polar surface area (TPSA) is 47.9 Å². The number of aliphatic imine (C=N–C) groups is 1. The maximum Gasteiger partial charge on any atom is 0.123 e. The molecule has 1 rings (SSSR count). The van der Waals surface area contributed by atoms with Gasteiger partial charge in [-0.05, 0) is 6.92 Å². The lowest BCUT2D eigenvalue weighted by atomic mass is 10.6. The van der Waals surface area contributed by atoms with E-state index in [1.165, 1.54) is 0 Å². The Hall–Kier alpha value is -0.610. The van der Waals surface area contributed by atoms with Gasteiger partial charge in [-0.1, -0.05) is 0 Å². The fraction of sp³-hybridized carbons (Fsp3) is 0.750. The second-order valence-electron chi connectivity index (χ2n) is 1.68. The summed E-state index contributed by atoms with van der Waals surface area (Å²) in [5.74, 6) is 0. The van der Waals surface area contributed by atoms with Gasteiger partial charge in [-0.3, -0.25) is 4.99 Å². The van der Waals surface area contributed by atoms with Gasteiger partial charge in [0.2, 0.25) is 0 Å². The smallest absolute Gasteiger partial charge is 0.123 e. The van der Waals surface area contributed by atoms with Crippen LogP contribution >= 0.6 is 0 Å². The highest BCUT2D eigenvalue weighted by atomic mass is 16.3. The van der Waals surface area contributed by atoms with Crippen molar-refractivity contribution in [3.8, 4) is 0 Å². The van der Waals surface area contributed by atoms with E-state index in [1.807, 2.05) is 0 Å². The average Bonchev–Trinajstić information content (AvgIpc) is 2.12. The SMILES string of the molecule is CC(O)N1CN=CN1. The number of nitrogens with one attached hydrogen (secondary N) is 1. The molecular formula is C4H9N3O. The Labute approximate surface area is 47.8 Å². The Morgan fingerprint density at radius 2 is 2.75 bits per heavy atom. The van der Waals surface area contributed by atoms with Crippen LogP contribution in [-0.4, -0.2) is 29.4 Å². The molecule has 0 aromatic carbocycles. The highest BCUT2D eigenvalue weighted by Gasteiger charge is 2.10. The van der Waals surface area contributed by atoms with Gasteiger partial charge in [0.15, 0.2) is 0 Å². The largest absolute Gasteiger partial charge is 0.377 e.